The van der Waals surface area contributed by atoms with Crippen LogP contribution in [-0.2, 0) is 0 Å². The van der Waals surface area contributed by atoms with Crippen LogP contribution in [0.3, 0.4) is 0 Å². The Balaban J connectivity index is 1.46. The Kier molecular flexibility index (Phi) is 5.35. The zero-order valence-electron chi connectivity index (χ0n) is 21.4. The molecule has 5 heteroatoms. The van der Waals surface area contributed by atoms with Gasteiger partial charge in [-0.15, -0.1) is 0 Å². The molecular formula is C35H22N4S. The van der Waals surface area contributed by atoms with Crippen LogP contribution in [0, 0.1) is 0 Å². The molecule has 6 aromatic carbocycles. The smallest absolute Gasteiger partial charge is 0.238 e. The molecule has 0 aliphatic carbocycles. The van der Waals surface area contributed by atoms with Gasteiger partial charge >= 0.3 is 0 Å². The van der Waals surface area contributed by atoms with Crippen molar-refractivity contribution in [2.75, 3.05) is 4.90 Å². The van der Waals surface area contributed by atoms with Crippen molar-refractivity contribution in [2.45, 2.75) is 9.79 Å². The average molecular weight is 531 g/mol. The predicted octanol–water partition coefficient (Wildman–Crippen LogP) is 9.45. The van der Waals surface area contributed by atoms with Gasteiger partial charge in [-0.25, -0.2) is 4.98 Å². The third-order valence-corrected chi connectivity index (χ3v) is 8.47. The van der Waals surface area contributed by atoms with E-state index >= 15 is 0 Å². The first-order chi connectivity index (χ1) is 19.8. The summed E-state index contributed by atoms with van der Waals surface area (Å²) in [5, 5.41) is 4.77. The summed E-state index contributed by atoms with van der Waals surface area (Å²) >= 11 is 1.81. The summed E-state index contributed by atoms with van der Waals surface area (Å²) < 4.78 is 0. The lowest BCUT2D eigenvalue weighted by atomic mass is 10.1. The van der Waals surface area contributed by atoms with Crippen molar-refractivity contribution >= 4 is 50.6 Å². The van der Waals surface area contributed by atoms with Crippen molar-refractivity contribution < 1.29 is 0 Å². The lowest BCUT2D eigenvalue weighted by Crippen LogP contribution is -2.19. The molecule has 0 saturated heterocycles. The number of fused-ring (bicyclic) bond motifs is 6. The maximum atomic E-state index is 5.13. The van der Waals surface area contributed by atoms with Crippen molar-refractivity contribution in [3.05, 3.63) is 133 Å². The standard InChI is InChI=1S/C35H22N4S/c1-3-13-25(14-4-1)33-36-34(26-15-5-2-6-16-26)38-35(37-33)39-29-21-19-24-12-8-10-18-28(24)32(29)40-30-22-20-23-11-7-9-17-27(23)31(30)39/h1-22H. The lowest BCUT2D eigenvalue weighted by molar-refractivity contribution is 1.01. The van der Waals surface area contributed by atoms with Gasteiger partial charge in [-0.3, -0.25) is 4.90 Å². The van der Waals surface area contributed by atoms with Crippen LogP contribution in [0.2, 0.25) is 0 Å². The van der Waals surface area contributed by atoms with Crippen LogP contribution in [0.5, 0.6) is 0 Å². The summed E-state index contributed by atoms with van der Waals surface area (Å²) in [5.74, 6) is 1.89. The number of anilines is 3. The Morgan fingerprint density at radius 1 is 0.475 bits per heavy atom. The van der Waals surface area contributed by atoms with E-state index < -0.39 is 0 Å². The molecule has 2 heterocycles. The molecule has 1 aliphatic rings. The SMILES string of the molecule is c1ccc(-c2nc(-c3ccccc3)nc(N3c4ccc5ccccc5c4Sc4ccc5ccccc5c43)n2)cc1. The molecule has 4 nitrogen and oxygen atoms in total. The van der Waals surface area contributed by atoms with E-state index in [1.165, 1.54) is 25.9 Å². The molecule has 0 atom stereocenters. The van der Waals surface area contributed by atoms with Crippen molar-refractivity contribution in [3.8, 4) is 22.8 Å². The van der Waals surface area contributed by atoms with E-state index in [-0.39, 0.29) is 0 Å². The molecule has 188 valence electrons. The summed E-state index contributed by atoms with van der Waals surface area (Å²) in [4.78, 5) is 19.8. The first-order valence-electron chi connectivity index (χ1n) is 13.2. The van der Waals surface area contributed by atoms with Crippen molar-refractivity contribution in [2.24, 2.45) is 0 Å². The van der Waals surface area contributed by atoms with Gasteiger partial charge in [0.25, 0.3) is 0 Å². The minimum Gasteiger partial charge on any atom is -0.276 e. The number of hydrogen-bond donors (Lipinski definition) is 0. The van der Waals surface area contributed by atoms with E-state index in [0.717, 1.165) is 27.9 Å². The minimum absolute atomic E-state index is 0.599. The number of rotatable bonds is 3. The number of benzene rings is 6. The second kappa shape index (κ2) is 9.33. The van der Waals surface area contributed by atoms with Gasteiger partial charge < -0.3 is 0 Å². The molecule has 0 fully saturated rings. The van der Waals surface area contributed by atoms with Crippen LogP contribution < -0.4 is 4.90 Å². The molecule has 0 spiro atoms. The second-order valence-corrected chi connectivity index (χ2v) is 10.8. The van der Waals surface area contributed by atoms with Gasteiger partial charge in [-0.1, -0.05) is 133 Å². The normalized spacial score (nSPS) is 12.3. The first kappa shape index (κ1) is 22.9. The van der Waals surface area contributed by atoms with Crippen LogP contribution in [0.15, 0.2) is 143 Å². The van der Waals surface area contributed by atoms with E-state index in [9.17, 15) is 0 Å². The highest BCUT2D eigenvalue weighted by Crippen LogP contribution is 2.55. The fourth-order valence-electron chi connectivity index (χ4n) is 5.40. The van der Waals surface area contributed by atoms with Gasteiger partial charge in [-0.2, -0.15) is 9.97 Å². The number of nitrogens with zero attached hydrogens (tertiary/aromatic N) is 4. The van der Waals surface area contributed by atoms with E-state index in [2.05, 4.69) is 77.7 Å². The maximum absolute atomic E-state index is 5.13. The van der Waals surface area contributed by atoms with Crippen LogP contribution >= 0.6 is 11.8 Å². The van der Waals surface area contributed by atoms with Crippen molar-refractivity contribution in [3.63, 3.8) is 0 Å². The largest absolute Gasteiger partial charge is 0.276 e. The highest BCUT2D eigenvalue weighted by atomic mass is 32.2. The highest BCUT2D eigenvalue weighted by Gasteiger charge is 2.30. The predicted molar refractivity (Wildman–Crippen MR) is 165 cm³/mol. The number of hydrogen-bond acceptors (Lipinski definition) is 5. The van der Waals surface area contributed by atoms with Gasteiger partial charge in [0, 0.05) is 26.3 Å². The molecule has 1 aromatic heterocycles. The van der Waals surface area contributed by atoms with Gasteiger partial charge in [-0.05, 0) is 28.3 Å². The molecule has 0 bridgehead atoms. The van der Waals surface area contributed by atoms with E-state index in [1.807, 2.05) is 72.4 Å². The third-order valence-electron chi connectivity index (χ3n) is 7.29. The molecule has 0 radical (unpaired) electrons. The van der Waals surface area contributed by atoms with Gasteiger partial charge in [0.15, 0.2) is 11.6 Å². The van der Waals surface area contributed by atoms with Crippen molar-refractivity contribution in [1.82, 2.24) is 15.0 Å². The fraction of sp³-hybridized carbons (Fsp3) is 0. The Morgan fingerprint density at radius 2 is 1.02 bits per heavy atom. The van der Waals surface area contributed by atoms with E-state index in [0.29, 0.717) is 17.6 Å². The quantitative estimate of drug-likeness (QED) is 0.228. The summed E-state index contributed by atoms with van der Waals surface area (Å²) in [6.45, 7) is 0. The third kappa shape index (κ3) is 3.74. The molecule has 0 N–H and O–H groups in total. The van der Waals surface area contributed by atoms with Crippen molar-refractivity contribution in [1.29, 1.82) is 0 Å². The molecule has 40 heavy (non-hydrogen) atoms. The van der Waals surface area contributed by atoms with Gasteiger partial charge in [0.1, 0.15) is 0 Å². The second-order valence-electron chi connectivity index (χ2n) is 9.72. The fourth-order valence-corrected chi connectivity index (χ4v) is 6.61. The summed E-state index contributed by atoms with van der Waals surface area (Å²) in [7, 11) is 0. The Bertz CT molecular complexity index is 1980. The van der Waals surface area contributed by atoms with Crippen LogP contribution in [-0.4, -0.2) is 15.0 Å². The summed E-state index contributed by atoms with van der Waals surface area (Å²) in [6.07, 6.45) is 0. The lowest BCUT2D eigenvalue weighted by Gasteiger charge is -2.33. The van der Waals surface area contributed by atoms with Crippen LogP contribution in [0.25, 0.3) is 44.3 Å². The Labute approximate surface area is 236 Å². The molecule has 7 aromatic rings. The van der Waals surface area contributed by atoms with Gasteiger partial charge in [0.2, 0.25) is 5.95 Å². The molecule has 0 unspecified atom stereocenters. The Morgan fingerprint density at radius 3 is 1.70 bits per heavy atom. The zero-order valence-corrected chi connectivity index (χ0v) is 22.2. The molecule has 8 rings (SSSR count). The molecule has 0 saturated carbocycles. The monoisotopic (exact) mass is 530 g/mol. The van der Waals surface area contributed by atoms with E-state index in [4.69, 9.17) is 15.0 Å². The van der Waals surface area contributed by atoms with Crippen LogP contribution in [0.1, 0.15) is 0 Å². The molecular weight excluding hydrogens is 508 g/mol. The zero-order chi connectivity index (χ0) is 26.5. The average Bonchev–Trinajstić information content (AvgIpc) is 3.04. The summed E-state index contributed by atoms with van der Waals surface area (Å²) in [6, 6.07) is 46.2. The molecule has 1 aliphatic heterocycles. The van der Waals surface area contributed by atoms with Crippen LogP contribution in [0.4, 0.5) is 17.3 Å². The number of aromatic nitrogens is 3. The topological polar surface area (TPSA) is 41.9 Å². The first-order valence-corrected chi connectivity index (χ1v) is 14.0. The van der Waals surface area contributed by atoms with E-state index in [1.54, 1.807) is 0 Å². The van der Waals surface area contributed by atoms with Gasteiger partial charge in [0.05, 0.1) is 11.4 Å². The molecule has 0 amide bonds. The minimum atomic E-state index is 0.599. The summed E-state index contributed by atoms with van der Waals surface area (Å²) in [5.41, 5.74) is 4.06. The highest BCUT2D eigenvalue weighted by molar-refractivity contribution is 8.00. The Hall–Kier alpha value is -5.00. The maximum Gasteiger partial charge on any atom is 0.238 e.